The van der Waals surface area contributed by atoms with Gasteiger partial charge in [-0.1, -0.05) is 17.7 Å². The monoisotopic (exact) mass is 291 g/mol. The van der Waals surface area contributed by atoms with Crippen LogP contribution in [0.4, 0.5) is 0 Å². The second-order valence-corrected chi connectivity index (χ2v) is 5.99. The minimum atomic E-state index is 0.696. The van der Waals surface area contributed by atoms with E-state index in [2.05, 4.69) is 21.4 Å². The first-order valence-corrected chi connectivity index (χ1v) is 7.47. The lowest BCUT2D eigenvalue weighted by atomic mass is 10.2. The van der Waals surface area contributed by atoms with Gasteiger partial charge in [0.25, 0.3) is 0 Å². The molecule has 0 amide bonds. The maximum absolute atomic E-state index is 6.08. The smallest absolute Gasteiger partial charge is 0.192 e. The number of aromatic nitrogens is 2. The fourth-order valence-corrected chi connectivity index (χ4v) is 2.87. The van der Waals surface area contributed by atoms with Crippen LogP contribution in [0.2, 0.25) is 5.02 Å². The van der Waals surface area contributed by atoms with Crippen molar-refractivity contribution in [3.63, 3.8) is 0 Å². The number of hydrogen-bond donors (Lipinski definition) is 1. The quantitative estimate of drug-likeness (QED) is 0.855. The van der Waals surface area contributed by atoms with Crippen LogP contribution < -0.4 is 5.32 Å². The summed E-state index contributed by atoms with van der Waals surface area (Å²) in [6, 6.07) is 8.50. The van der Waals surface area contributed by atoms with Gasteiger partial charge in [0, 0.05) is 34.9 Å². The highest BCUT2D eigenvalue weighted by molar-refractivity contribution is 7.99. The van der Waals surface area contributed by atoms with Gasteiger partial charge in [-0.2, -0.15) is 0 Å². The number of benzene rings is 1. The van der Waals surface area contributed by atoms with Gasteiger partial charge in [-0.05, 0) is 48.4 Å². The van der Waals surface area contributed by atoms with E-state index in [9.17, 15) is 0 Å². The molecule has 1 aliphatic carbocycles. The van der Waals surface area contributed by atoms with Crippen LogP contribution in [-0.4, -0.2) is 16.0 Å². The van der Waals surface area contributed by atoms with Crippen LogP contribution in [0.3, 0.4) is 0 Å². The van der Waals surface area contributed by atoms with Gasteiger partial charge < -0.3 is 5.32 Å². The highest BCUT2D eigenvalue weighted by Crippen LogP contribution is 2.31. The number of hydrogen-bond acceptors (Lipinski definition) is 4. The summed E-state index contributed by atoms with van der Waals surface area (Å²) in [5, 5.41) is 5.01. The molecule has 3 rings (SSSR count). The zero-order valence-electron chi connectivity index (χ0n) is 10.3. The number of rotatable bonds is 5. The predicted molar refractivity (Wildman–Crippen MR) is 77.5 cm³/mol. The lowest BCUT2D eigenvalue weighted by Gasteiger charge is -2.09. The summed E-state index contributed by atoms with van der Waals surface area (Å²) >= 11 is 7.64. The van der Waals surface area contributed by atoms with E-state index >= 15 is 0 Å². The van der Waals surface area contributed by atoms with Crippen molar-refractivity contribution in [2.45, 2.75) is 35.5 Å². The van der Waals surface area contributed by atoms with Crippen molar-refractivity contribution in [1.82, 2.24) is 15.3 Å². The fraction of sp³-hybridized carbons (Fsp3) is 0.286. The molecule has 0 bridgehead atoms. The molecule has 1 aromatic heterocycles. The second kappa shape index (κ2) is 5.90. The van der Waals surface area contributed by atoms with Crippen molar-refractivity contribution in [1.29, 1.82) is 0 Å². The fourth-order valence-electron chi connectivity index (χ4n) is 1.75. The lowest BCUT2D eigenvalue weighted by Crippen LogP contribution is -2.15. The van der Waals surface area contributed by atoms with Gasteiger partial charge in [0.1, 0.15) is 0 Å². The number of nitrogens with one attached hydrogen (secondary N) is 1. The van der Waals surface area contributed by atoms with Crippen LogP contribution in [-0.2, 0) is 6.54 Å². The second-order valence-electron chi connectivity index (χ2n) is 4.54. The molecule has 1 aliphatic rings. The third kappa shape index (κ3) is 3.69. The van der Waals surface area contributed by atoms with Gasteiger partial charge >= 0.3 is 0 Å². The Morgan fingerprint density at radius 1 is 1.26 bits per heavy atom. The van der Waals surface area contributed by atoms with E-state index in [1.165, 1.54) is 18.4 Å². The minimum absolute atomic E-state index is 0.696. The van der Waals surface area contributed by atoms with Gasteiger partial charge in [-0.25, -0.2) is 9.97 Å². The summed E-state index contributed by atoms with van der Waals surface area (Å²) in [4.78, 5) is 9.60. The molecule has 0 atom stereocenters. The average molecular weight is 292 g/mol. The van der Waals surface area contributed by atoms with E-state index in [4.69, 9.17) is 11.6 Å². The van der Waals surface area contributed by atoms with Crippen LogP contribution in [0.15, 0.2) is 46.7 Å². The van der Waals surface area contributed by atoms with Crippen molar-refractivity contribution in [3.8, 4) is 0 Å². The van der Waals surface area contributed by atoms with Crippen molar-refractivity contribution in [2.24, 2.45) is 0 Å². The van der Waals surface area contributed by atoms with E-state index in [0.717, 1.165) is 21.6 Å². The highest BCUT2D eigenvalue weighted by atomic mass is 35.5. The Kier molecular flexibility index (Phi) is 4.01. The molecule has 2 aromatic rings. The molecule has 5 heteroatoms. The summed E-state index contributed by atoms with van der Waals surface area (Å²) in [7, 11) is 0. The van der Waals surface area contributed by atoms with Crippen molar-refractivity contribution < 1.29 is 0 Å². The van der Waals surface area contributed by atoms with E-state index in [1.54, 1.807) is 24.2 Å². The third-order valence-electron chi connectivity index (χ3n) is 2.93. The summed E-state index contributed by atoms with van der Waals surface area (Å²) in [5.74, 6) is 0. The lowest BCUT2D eigenvalue weighted by molar-refractivity contribution is 0.680. The summed E-state index contributed by atoms with van der Waals surface area (Å²) in [6.45, 7) is 0.872. The van der Waals surface area contributed by atoms with Crippen LogP contribution in [0, 0.1) is 0 Å². The van der Waals surface area contributed by atoms with E-state index in [0.29, 0.717) is 6.04 Å². The molecule has 0 saturated heterocycles. The summed E-state index contributed by atoms with van der Waals surface area (Å²) in [5.41, 5.74) is 1.24. The molecule has 1 N–H and O–H groups in total. The first-order valence-electron chi connectivity index (χ1n) is 6.28. The Bertz CT molecular complexity index is 558. The molecule has 3 nitrogen and oxygen atoms in total. The molecule has 19 heavy (non-hydrogen) atoms. The SMILES string of the molecule is Clc1ccc(CNC2CC2)c(Sc2ncccn2)c1. The molecule has 0 radical (unpaired) electrons. The van der Waals surface area contributed by atoms with Crippen molar-refractivity contribution >= 4 is 23.4 Å². The molecule has 0 aliphatic heterocycles. The van der Waals surface area contributed by atoms with Crippen molar-refractivity contribution in [3.05, 3.63) is 47.2 Å². The minimum Gasteiger partial charge on any atom is -0.310 e. The Hall–Kier alpha value is -1.10. The number of halogens is 1. The third-order valence-corrected chi connectivity index (χ3v) is 4.16. The molecule has 1 heterocycles. The van der Waals surface area contributed by atoms with E-state index < -0.39 is 0 Å². The molecule has 1 saturated carbocycles. The van der Waals surface area contributed by atoms with E-state index in [-0.39, 0.29) is 0 Å². The maximum atomic E-state index is 6.08. The molecular weight excluding hydrogens is 278 g/mol. The first kappa shape index (κ1) is 12.9. The highest BCUT2D eigenvalue weighted by Gasteiger charge is 2.20. The largest absolute Gasteiger partial charge is 0.310 e. The van der Waals surface area contributed by atoms with Crippen LogP contribution in [0.5, 0.6) is 0 Å². The van der Waals surface area contributed by atoms with Gasteiger partial charge in [0.2, 0.25) is 0 Å². The molecular formula is C14H14ClN3S. The normalized spacial score (nSPS) is 14.6. The first-order chi connectivity index (χ1) is 9.31. The maximum Gasteiger partial charge on any atom is 0.192 e. The van der Waals surface area contributed by atoms with Crippen LogP contribution in [0.25, 0.3) is 0 Å². The van der Waals surface area contributed by atoms with Crippen LogP contribution in [0.1, 0.15) is 18.4 Å². The summed E-state index contributed by atoms with van der Waals surface area (Å²) < 4.78 is 0. The van der Waals surface area contributed by atoms with Gasteiger partial charge in [-0.3, -0.25) is 0 Å². The topological polar surface area (TPSA) is 37.8 Å². The van der Waals surface area contributed by atoms with Crippen molar-refractivity contribution in [2.75, 3.05) is 0 Å². The number of nitrogens with zero attached hydrogens (tertiary/aromatic N) is 2. The Labute approximate surface area is 121 Å². The average Bonchev–Trinajstić information content (AvgIpc) is 3.23. The molecule has 0 spiro atoms. The Morgan fingerprint density at radius 3 is 2.79 bits per heavy atom. The van der Waals surface area contributed by atoms with Gasteiger partial charge in [-0.15, -0.1) is 0 Å². The summed E-state index contributed by atoms with van der Waals surface area (Å²) in [6.07, 6.45) is 6.08. The molecule has 1 fully saturated rings. The molecule has 98 valence electrons. The standard InChI is InChI=1S/C14H14ClN3S/c15-11-3-2-10(9-18-12-4-5-12)13(8-11)19-14-16-6-1-7-17-14/h1-3,6-8,12,18H,4-5,9H2. The van der Waals surface area contributed by atoms with Crippen LogP contribution >= 0.6 is 23.4 Å². The van der Waals surface area contributed by atoms with Gasteiger partial charge in [0.15, 0.2) is 5.16 Å². The Balaban J connectivity index is 1.78. The zero-order chi connectivity index (χ0) is 13.1. The Morgan fingerprint density at radius 2 is 2.05 bits per heavy atom. The van der Waals surface area contributed by atoms with Gasteiger partial charge in [0.05, 0.1) is 0 Å². The zero-order valence-corrected chi connectivity index (χ0v) is 11.9. The molecule has 1 aromatic carbocycles. The van der Waals surface area contributed by atoms with E-state index in [1.807, 2.05) is 18.2 Å². The predicted octanol–water partition coefficient (Wildman–Crippen LogP) is 3.53. The molecule has 0 unspecified atom stereocenters.